The number of hydrogen-bond acceptors (Lipinski definition) is 6. The van der Waals surface area contributed by atoms with Crippen LogP contribution in [0.2, 0.25) is 0 Å². The van der Waals surface area contributed by atoms with Gasteiger partial charge in [-0.05, 0) is 49.4 Å². The monoisotopic (exact) mass is 441 g/mol. The van der Waals surface area contributed by atoms with Gasteiger partial charge < -0.3 is 24.2 Å². The van der Waals surface area contributed by atoms with Crippen molar-refractivity contribution in [2.75, 3.05) is 26.7 Å². The van der Waals surface area contributed by atoms with E-state index in [1.54, 1.807) is 36.4 Å². The summed E-state index contributed by atoms with van der Waals surface area (Å²) in [6.45, 7) is 1.91. The summed E-state index contributed by atoms with van der Waals surface area (Å²) in [5.41, 5.74) is 0.827. The molecule has 31 heavy (non-hydrogen) atoms. The average molecular weight is 441 g/mol. The Kier molecular flexibility index (Phi) is 9.61. The van der Waals surface area contributed by atoms with Crippen LogP contribution in [-0.4, -0.2) is 55.5 Å². The average Bonchev–Trinajstić information content (AvgIpc) is 3.02. The molecule has 0 amide bonds. The third-order valence-corrected chi connectivity index (χ3v) is 4.36. The number of aldehydes is 1. The minimum Gasteiger partial charge on any atom is -0.493 e. The van der Waals surface area contributed by atoms with Gasteiger partial charge in [-0.2, -0.15) is 0 Å². The van der Waals surface area contributed by atoms with E-state index in [1.807, 2.05) is 7.05 Å². The van der Waals surface area contributed by atoms with Gasteiger partial charge in [0.2, 0.25) is 0 Å². The normalized spacial score (nSPS) is 18.8. The maximum absolute atomic E-state index is 12.1. The molecule has 1 heterocycles. The summed E-state index contributed by atoms with van der Waals surface area (Å²) >= 11 is 0. The number of carbonyl (C=O) groups excluding carboxylic acids is 1. The Hall–Kier alpha value is -2.78. The molecule has 9 heteroatoms. The molecule has 0 aromatic heterocycles. The number of halogens is 3. The molecule has 1 fully saturated rings. The first-order valence-corrected chi connectivity index (χ1v) is 9.73. The molecule has 2 aliphatic rings. The second-order valence-corrected chi connectivity index (χ2v) is 6.93. The molecule has 170 valence electrons. The summed E-state index contributed by atoms with van der Waals surface area (Å²) in [5, 5.41) is 8.71. The third-order valence-electron chi connectivity index (χ3n) is 4.36. The fourth-order valence-corrected chi connectivity index (χ4v) is 2.91. The fourth-order valence-electron chi connectivity index (χ4n) is 2.91. The van der Waals surface area contributed by atoms with E-state index < -0.39 is 6.36 Å². The second-order valence-electron chi connectivity index (χ2n) is 6.93. The molecule has 1 N–H and O–H groups in total. The van der Waals surface area contributed by atoms with E-state index in [0.29, 0.717) is 24.2 Å². The molecule has 0 radical (unpaired) electrons. The van der Waals surface area contributed by atoms with Gasteiger partial charge in [0.1, 0.15) is 30.0 Å². The van der Waals surface area contributed by atoms with Crippen LogP contribution in [0.25, 0.3) is 0 Å². The van der Waals surface area contributed by atoms with E-state index in [0.717, 1.165) is 25.1 Å². The number of aliphatic hydroxyl groups excluding tert-OH is 1. The Balaban J connectivity index is 0.000000245. The number of likely N-dealkylation sites (N-methyl/N-ethyl adjacent to an activating group) is 1. The topological polar surface area (TPSA) is 68.2 Å². The van der Waals surface area contributed by atoms with Crippen molar-refractivity contribution in [3.63, 3.8) is 0 Å². The van der Waals surface area contributed by atoms with E-state index in [4.69, 9.17) is 14.6 Å². The first-order valence-electron chi connectivity index (χ1n) is 9.73. The van der Waals surface area contributed by atoms with Crippen LogP contribution in [0.4, 0.5) is 13.2 Å². The van der Waals surface area contributed by atoms with Crippen molar-refractivity contribution in [2.45, 2.75) is 31.9 Å². The molecule has 1 unspecified atom stereocenters. The molecule has 0 spiro atoms. The van der Waals surface area contributed by atoms with Crippen molar-refractivity contribution in [3.8, 4) is 5.75 Å². The zero-order chi connectivity index (χ0) is 22.7. The fraction of sp³-hybridized carbons (Fsp3) is 0.409. The van der Waals surface area contributed by atoms with Gasteiger partial charge in [-0.3, -0.25) is 4.79 Å². The Bertz CT molecular complexity index is 787. The number of carbonyl (C=O) groups is 1. The smallest absolute Gasteiger partial charge is 0.493 e. The van der Waals surface area contributed by atoms with Crippen LogP contribution in [0.1, 0.15) is 18.4 Å². The summed E-state index contributed by atoms with van der Waals surface area (Å²) in [6.07, 6.45) is 3.29. The third kappa shape index (κ3) is 9.71. The SMILES string of the molecule is CN1CCC(OC2=CC=C(OC(F)(F)F)C=CC2)C1.O=CCOc1ccc(CO)cc1. The maximum atomic E-state index is 12.1. The van der Waals surface area contributed by atoms with Crippen LogP contribution in [-0.2, 0) is 20.9 Å². The van der Waals surface area contributed by atoms with Gasteiger partial charge >= 0.3 is 6.36 Å². The molecular weight excluding hydrogens is 415 g/mol. The molecule has 1 aromatic carbocycles. The molecule has 1 saturated heterocycles. The first kappa shape index (κ1) is 24.5. The highest BCUT2D eigenvalue weighted by molar-refractivity contribution is 5.51. The number of likely N-dealkylation sites (tertiary alicyclic amines) is 1. The standard InChI is InChI=1S/C13H16F3NO2.C9H10O3/c1-17-8-7-12(9-17)18-10-3-2-4-11(6-5-10)19-13(14,15)16;10-5-6-12-9-3-1-8(7-11)2-4-9/h2,4-6,12H,3,7-9H2,1H3;1-5,11H,6-7H2. The highest BCUT2D eigenvalue weighted by atomic mass is 19.4. The number of rotatable bonds is 7. The number of allylic oxidation sites excluding steroid dienone is 4. The number of ether oxygens (including phenoxy) is 3. The lowest BCUT2D eigenvalue weighted by molar-refractivity contribution is -0.303. The van der Waals surface area contributed by atoms with Crippen molar-refractivity contribution >= 4 is 6.29 Å². The van der Waals surface area contributed by atoms with Crippen molar-refractivity contribution < 1.29 is 37.3 Å². The molecular formula is C22H26F3NO5. The zero-order valence-corrected chi connectivity index (χ0v) is 17.2. The Morgan fingerprint density at radius 2 is 1.97 bits per heavy atom. The summed E-state index contributed by atoms with van der Waals surface area (Å²) in [6, 6.07) is 6.93. The molecule has 0 bridgehead atoms. The molecule has 1 atom stereocenters. The van der Waals surface area contributed by atoms with Crippen molar-refractivity contribution in [2.24, 2.45) is 0 Å². The minimum absolute atomic E-state index is 0.0218. The van der Waals surface area contributed by atoms with Gasteiger partial charge in [0.15, 0.2) is 6.29 Å². The number of alkyl halides is 3. The summed E-state index contributed by atoms with van der Waals surface area (Å²) in [4.78, 5) is 12.1. The number of hydrogen-bond donors (Lipinski definition) is 1. The van der Waals surface area contributed by atoms with E-state index >= 15 is 0 Å². The van der Waals surface area contributed by atoms with Crippen LogP contribution in [0.3, 0.4) is 0 Å². The van der Waals surface area contributed by atoms with Crippen molar-refractivity contribution in [3.05, 3.63) is 65.7 Å². The summed E-state index contributed by atoms with van der Waals surface area (Å²) in [7, 11) is 2.01. The highest BCUT2D eigenvalue weighted by Gasteiger charge is 2.31. The number of nitrogens with zero attached hydrogens (tertiary/aromatic N) is 1. The van der Waals surface area contributed by atoms with Crippen molar-refractivity contribution in [1.29, 1.82) is 0 Å². The molecule has 3 rings (SSSR count). The van der Waals surface area contributed by atoms with Gasteiger partial charge in [0, 0.05) is 19.5 Å². The molecule has 1 aromatic rings. The van der Waals surface area contributed by atoms with E-state index in [-0.39, 0.29) is 25.1 Å². The Morgan fingerprint density at radius 1 is 1.23 bits per heavy atom. The quantitative estimate of drug-likeness (QED) is 0.651. The second kappa shape index (κ2) is 12.2. The number of aliphatic hydroxyl groups is 1. The zero-order valence-electron chi connectivity index (χ0n) is 17.2. The minimum atomic E-state index is -4.66. The van der Waals surface area contributed by atoms with Gasteiger partial charge in [-0.1, -0.05) is 18.2 Å². The van der Waals surface area contributed by atoms with Crippen LogP contribution in [0.15, 0.2) is 60.1 Å². The summed E-state index contributed by atoms with van der Waals surface area (Å²) in [5.74, 6) is 1.08. The van der Waals surface area contributed by atoms with E-state index in [2.05, 4.69) is 9.64 Å². The van der Waals surface area contributed by atoms with E-state index in [1.165, 1.54) is 12.2 Å². The molecule has 6 nitrogen and oxygen atoms in total. The van der Waals surface area contributed by atoms with Crippen LogP contribution >= 0.6 is 0 Å². The van der Waals surface area contributed by atoms with Crippen molar-refractivity contribution in [1.82, 2.24) is 4.90 Å². The maximum Gasteiger partial charge on any atom is 0.573 e. The molecule has 1 aliphatic carbocycles. The Labute approximate surface area is 179 Å². The van der Waals surface area contributed by atoms with Crippen LogP contribution in [0, 0.1) is 0 Å². The highest BCUT2D eigenvalue weighted by Crippen LogP contribution is 2.24. The lowest BCUT2D eigenvalue weighted by Crippen LogP contribution is -2.18. The predicted octanol–water partition coefficient (Wildman–Crippen LogP) is 3.73. The molecule has 1 aliphatic heterocycles. The largest absolute Gasteiger partial charge is 0.573 e. The van der Waals surface area contributed by atoms with Crippen LogP contribution < -0.4 is 4.74 Å². The van der Waals surface area contributed by atoms with Gasteiger partial charge in [0.05, 0.1) is 6.61 Å². The van der Waals surface area contributed by atoms with E-state index in [9.17, 15) is 18.0 Å². The van der Waals surface area contributed by atoms with Crippen LogP contribution in [0.5, 0.6) is 5.75 Å². The number of benzene rings is 1. The van der Waals surface area contributed by atoms with Gasteiger partial charge in [-0.25, -0.2) is 0 Å². The summed E-state index contributed by atoms with van der Waals surface area (Å²) < 4.78 is 50.9. The lowest BCUT2D eigenvalue weighted by Gasteiger charge is -2.15. The van der Waals surface area contributed by atoms with Gasteiger partial charge in [0.25, 0.3) is 0 Å². The Morgan fingerprint density at radius 3 is 2.55 bits per heavy atom. The molecule has 0 saturated carbocycles. The van der Waals surface area contributed by atoms with Gasteiger partial charge in [-0.15, -0.1) is 13.2 Å². The predicted molar refractivity (Wildman–Crippen MR) is 108 cm³/mol. The lowest BCUT2D eigenvalue weighted by atomic mass is 10.2. The first-order chi connectivity index (χ1) is 14.8.